The summed E-state index contributed by atoms with van der Waals surface area (Å²) in [6, 6.07) is 7.21. The maximum absolute atomic E-state index is 4.80. The van der Waals surface area contributed by atoms with E-state index in [4.69, 9.17) is 4.98 Å². The zero-order valence-electron chi connectivity index (χ0n) is 13.0. The summed E-state index contributed by atoms with van der Waals surface area (Å²) >= 11 is 1.80. The molecule has 0 bridgehead atoms. The van der Waals surface area contributed by atoms with E-state index in [2.05, 4.69) is 54.7 Å². The van der Waals surface area contributed by atoms with Crippen LogP contribution in [0.3, 0.4) is 0 Å². The van der Waals surface area contributed by atoms with Gasteiger partial charge in [0.1, 0.15) is 5.82 Å². The lowest BCUT2D eigenvalue weighted by Crippen LogP contribution is -2.23. The van der Waals surface area contributed by atoms with Gasteiger partial charge in [-0.25, -0.2) is 4.98 Å². The summed E-state index contributed by atoms with van der Waals surface area (Å²) in [4.78, 5) is 8.45. The Balaban J connectivity index is 1.83. The van der Waals surface area contributed by atoms with Crippen LogP contribution >= 0.6 is 11.3 Å². The van der Waals surface area contributed by atoms with E-state index in [-0.39, 0.29) is 0 Å². The van der Waals surface area contributed by atoms with Crippen LogP contribution in [-0.4, -0.2) is 18.1 Å². The highest BCUT2D eigenvalue weighted by Crippen LogP contribution is 2.26. The molecule has 0 amide bonds. The van der Waals surface area contributed by atoms with E-state index in [0.29, 0.717) is 0 Å². The lowest BCUT2D eigenvalue weighted by atomic mass is 10.1. The standard InChI is InChI=1S/C17H23N3S/c1-12-9-13(2)19-17(16(12)10-18-14-6-7-14)20(3)11-15-5-4-8-21-15/h4-5,8-9,14,18H,6-7,10-11H2,1-3H3. The second-order valence-electron chi connectivity index (χ2n) is 5.97. The van der Waals surface area contributed by atoms with Crippen LogP contribution in [-0.2, 0) is 13.1 Å². The van der Waals surface area contributed by atoms with Crippen LogP contribution in [0, 0.1) is 13.8 Å². The van der Waals surface area contributed by atoms with Crippen molar-refractivity contribution in [2.24, 2.45) is 0 Å². The van der Waals surface area contributed by atoms with Crippen LogP contribution < -0.4 is 10.2 Å². The highest BCUT2D eigenvalue weighted by molar-refractivity contribution is 7.09. The van der Waals surface area contributed by atoms with E-state index >= 15 is 0 Å². The molecular weight excluding hydrogens is 278 g/mol. The van der Waals surface area contributed by atoms with Crippen molar-refractivity contribution in [3.63, 3.8) is 0 Å². The van der Waals surface area contributed by atoms with Crippen molar-refractivity contribution in [3.05, 3.63) is 45.3 Å². The number of thiophene rings is 1. The monoisotopic (exact) mass is 301 g/mol. The fraction of sp³-hybridized carbons (Fsp3) is 0.471. The van der Waals surface area contributed by atoms with Gasteiger partial charge in [-0.2, -0.15) is 0 Å². The second-order valence-corrected chi connectivity index (χ2v) is 7.01. The van der Waals surface area contributed by atoms with Crippen molar-refractivity contribution in [1.29, 1.82) is 0 Å². The topological polar surface area (TPSA) is 28.2 Å². The van der Waals surface area contributed by atoms with E-state index < -0.39 is 0 Å². The molecule has 2 heterocycles. The van der Waals surface area contributed by atoms with Crippen molar-refractivity contribution in [2.45, 2.75) is 45.8 Å². The number of nitrogens with zero attached hydrogens (tertiary/aromatic N) is 2. The van der Waals surface area contributed by atoms with E-state index in [1.165, 1.54) is 28.8 Å². The minimum Gasteiger partial charge on any atom is -0.354 e. The van der Waals surface area contributed by atoms with Crippen molar-refractivity contribution in [2.75, 3.05) is 11.9 Å². The van der Waals surface area contributed by atoms with Gasteiger partial charge >= 0.3 is 0 Å². The maximum Gasteiger partial charge on any atom is 0.133 e. The first-order valence-electron chi connectivity index (χ1n) is 7.57. The fourth-order valence-electron chi connectivity index (χ4n) is 2.62. The Bertz CT molecular complexity index is 603. The quantitative estimate of drug-likeness (QED) is 0.883. The average molecular weight is 301 g/mol. The van der Waals surface area contributed by atoms with Crippen molar-refractivity contribution >= 4 is 17.2 Å². The first kappa shape index (κ1) is 14.5. The van der Waals surface area contributed by atoms with E-state index in [1.54, 1.807) is 11.3 Å². The summed E-state index contributed by atoms with van der Waals surface area (Å²) in [7, 11) is 2.14. The third-order valence-electron chi connectivity index (χ3n) is 3.93. The minimum atomic E-state index is 0.723. The molecule has 2 aromatic rings. The predicted molar refractivity (Wildman–Crippen MR) is 90.0 cm³/mol. The van der Waals surface area contributed by atoms with Gasteiger partial charge in [-0.15, -0.1) is 11.3 Å². The third kappa shape index (κ3) is 3.63. The molecule has 0 saturated heterocycles. The number of anilines is 1. The van der Waals surface area contributed by atoms with Crippen LogP contribution in [0.4, 0.5) is 5.82 Å². The van der Waals surface area contributed by atoms with Crippen LogP contribution in [0.2, 0.25) is 0 Å². The van der Waals surface area contributed by atoms with Crippen molar-refractivity contribution < 1.29 is 0 Å². The molecule has 112 valence electrons. The molecule has 21 heavy (non-hydrogen) atoms. The Morgan fingerprint density at radius 1 is 1.38 bits per heavy atom. The molecule has 1 fully saturated rings. The molecule has 1 N–H and O–H groups in total. The van der Waals surface area contributed by atoms with Gasteiger partial charge in [-0.3, -0.25) is 0 Å². The number of hydrogen-bond donors (Lipinski definition) is 1. The number of aromatic nitrogens is 1. The number of hydrogen-bond acceptors (Lipinski definition) is 4. The zero-order valence-corrected chi connectivity index (χ0v) is 13.8. The molecule has 1 aliphatic carbocycles. The zero-order chi connectivity index (χ0) is 14.8. The lowest BCUT2D eigenvalue weighted by Gasteiger charge is -2.23. The molecule has 3 rings (SSSR count). The maximum atomic E-state index is 4.80. The Kier molecular flexibility index (Phi) is 4.27. The van der Waals surface area contributed by atoms with Crippen LogP contribution in [0.5, 0.6) is 0 Å². The number of aryl methyl sites for hydroxylation is 2. The molecule has 0 spiro atoms. The van der Waals surface area contributed by atoms with Gasteiger partial charge in [-0.1, -0.05) is 6.07 Å². The average Bonchev–Trinajstić information content (AvgIpc) is 3.13. The number of pyridine rings is 1. The summed E-state index contributed by atoms with van der Waals surface area (Å²) in [5, 5.41) is 5.76. The van der Waals surface area contributed by atoms with Gasteiger partial charge in [0.15, 0.2) is 0 Å². The SMILES string of the molecule is Cc1cc(C)c(CNC2CC2)c(N(C)Cc2cccs2)n1. The summed E-state index contributed by atoms with van der Waals surface area (Å²) in [6.07, 6.45) is 2.64. The van der Waals surface area contributed by atoms with Crippen molar-refractivity contribution in [1.82, 2.24) is 10.3 Å². The molecule has 2 aromatic heterocycles. The normalized spacial score (nSPS) is 14.4. The summed E-state index contributed by atoms with van der Waals surface area (Å²) in [6.45, 7) is 6.12. The Morgan fingerprint density at radius 3 is 2.86 bits per heavy atom. The lowest BCUT2D eigenvalue weighted by molar-refractivity contribution is 0.679. The molecule has 1 aliphatic rings. The van der Waals surface area contributed by atoms with Crippen molar-refractivity contribution in [3.8, 4) is 0 Å². The van der Waals surface area contributed by atoms with E-state index in [0.717, 1.165) is 30.6 Å². The molecule has 3 nitrogen and oxygen atoms in total. The van der Waals surface area contributed by atoms with Gasteiger partial charge in [0.25, 0.3) is 0 Å². The Labute approximate surface area is 131 Å². The molecular formula is C17H23N3S. The third-order valence-corrected chi connectivity index (χ3v) is 4.79. The van der Waals surface area contributed by atoms with Gasteiger partial charge in [0, 0.05) is 35.8 Å². The summed E-state index contributed by atoms with van der Waals surface area (Å²) in [5.41, 5.74) is 3.77. The molecule has 0 unspecified atom stereocenters. The second kappa shape index (κ2) is 6.16. The Morgan fingerprint density at radius 2 is 2.19 bits per heavy atom. The largest absolute Gasteiger partial charge is 0.354 e. The van der Waals surface area contributed by atoms with E-state index in [1.807, 2.05) is 0 Å². The number of rotatable bonds is 6. The number of nitrogens with one attached hydrogen (secondary N) is 1. The van der Waals surface area contributed by atoms with Gasteiger partial charge < -0.3 is 10.2 Å². The first-order chi connectivity index (χ1) is 10.1. The fourth-order valence-corrected chi connectivity index (χ4v) is 3.38. The molecule has 1 saturated carbocycles. The predicted octanol–water partition coefficient (Wildman–Crippen LogP) is 3.65. The van der Waals surface area contributed by atoms with Gasteiger partial charge in [0.05, 0.1) is 6.54 Å². The summed E-state index contributed by atoms with van der Waals surface area (Å²) in [5.74, 6) is 1.12. The molecule has 0 aromatic carbocycles. The minimum absolute atomic E-state index is 0.723. The molecule has 4 heteroatoms. The molecule has 0 aliphatic heterocycles. The first-order valence-corrected chi connectivity index (χ1v) is 8.45. The van der Waals surface area contributed by atoms with Crippen LogP contribution in [0.25, 0.3) is 0 Å². The molecule has 0 atom stereocenters. The molecule has 0 radical (unpaired) electrons. The highest BCUT2D eigenvalue weighted by atomic mass is 32.1. The smallest absolute Gasteiger partial charge is 0.133 e. The highest BCUT2D eigenvalue weighted by Gasteiger charge is 2.22. The van der Waals surface area contributed by atoms with Crippen LogP contribution in [0.15, 0.2) is 23.6 Å². The Hall–Kier alpha value is -1.39. The van der Waals surface area contributed by atoms with E-state index in [9.17, 15) is 0 Å². The van der Waals surface area contributed by atoms with Gasteiger partial charge in [0.2, 0.25) is 0 Å². The summed E-state index contributed by atoms with van der Waals surface area (Å²) < 4.78 is 0. The van der Waals surface area contributed by atoms with Gasteiger partial charge in [-0.05, 0) is 49.8 Å². The van der Waals surface area contributed by atoms with Crippen LogP contribution in [0.1, 0.15) is 34.5 Å².